The summed E-state index contributed by atoms with van der Waals surface area (Å²) in [5, 5.41) is 22.5. The van der Waals surface area contributed by atoms with Crippen LogP contribution in [0.4, 0.5) is 5.69 Å². The van der Waals surface area contributed by atoms with E-state index < -0.39 is 4.92 Å². The number of nitro groups is 1. The van der Waals surface area contributed by atoms with Crippen molar-refractivity contribution in [2.45, 2.75) is 19.3 Å². The number of hydrogen-bond donors (Lipinski definition) is 2. The van der Waals surface area contributed by atoms with Gasteiger partial charge in [0, 0.05) is 24.1 Å². The zero-order valence-corrected chi connectivity index (χ0v) is 10.5. The van der Waals surface area contributed by atoms with E-state index in [-0.39, 0.29) is 30.0 Å². The van der Waals surface area contributed by atoms with E-state index in [1.165, 1.54) is 12.1 Å². The lowest BCUT2D eigenvalue weighted by Gasteiger charge is -2.12. The first-order chi connectivity index (χ1) is 9.04. The van der Waals surface area contributed by atoms with Crippen molar-refractivity contribution < 1.29 is 14.8 Å². The molecule has 0 aromatic heterocycles. The summed E-state index contributed by atoms with van der Waals surface area (Å²) >= 11 is 0. The number of nitro benzene ring substituents is 1. The summed E-state index contributed by atoms with van der Waals surface area (Å²) in [5.74, 6) is -0.180. The maximum Gasteiger partial charge on any atom is 0.269 e. The molecule has 1 aliphatic carbocycles. The standard InChI is InChI=1S/C13H16N2O4/c16-9-13(4-5-13)8-14-12(17)7-10-2-1-3-11(6-10)15(18)19/h1-3,6,16H,4-5,7-9H2,(H,14,17). The van der Waals surface area contributed by atoms with Gasteiger partial charge in [0.15, 0.2) is 0 Å². The second kappa shape index (κ2) is 5.36. The molecular formula is C13H16N2O4. The van der Waals surface area contributed by atoms with Gasteiger partial charge >= 0.3 is 0 Å². The Labute approximate surface area is 110 Å². The average Bonchev–Trinajstić information content (AvgIpc) is 3.17. The van der Waals surface area contributed by atoms with Crippen LogP contribution in [-0.4, -0.2) is 29.1 Å². The molecule has 19 heavy (non-hydrogen) atoms. The van der Waals surface area contributed by atoms with Crippen molar-refractivity contribution in [3.63, 3.8) is 0 Å². The molecule has 0 unspecified atom stereocenters. The van der Waals surface area contributed by atoms with Gasteiger partial charge < -0.3 is 10.4 Å². The van der Waals surface area contributed by atoms with Gasteiger partial charge in [0.25, 0.3) is 5.69 Å². The third-order valence-corrected chi connectivity index (χ3v) is 3.44. The zero-order valence-electron chi connectivity index (χ0n) is 10.5. The van der Waals surface area contributed by atoms with Crippen molar-refractivity contribution in [2.75, 3.05) is 13.2 Å². The maximum absolute atomic E-state index is 11.7. The lowest BCUT2D eigenvalue weighted by molar-refractivity contribution is -0.384. The number of nitrogens with zero attached hydrogens (tertiary/aromatic N) is 1. The van der Waals surface area contributed by atoms with Gasteiger partial charge in [-0.25, -0.2) is 0 Å². The molecule has 0 bridgehead atoms. The predicted octanol–water partition coefficient (Wildman–Crippen LogP) is 1.03. The Morgan fingerprint density at radius 3 is 2.79 bits per heavy atom. The van der Waals surface area contributed by atoms with Crippen LogP contribution < -0.4 is 5.32 Å². The molecule has 2 N–H and O–H groups in total. The van der Waals surface area contributed by atoms with Gasteiger partial charge in [0.1, 0.15) is 0 Å². The number of hydrogen-bond acceptors (Lipinski definition) is 4. The molecule has 6 nitrogen and oxygen atoms in total. The largest absolute Gasteiger partial charge is 0.396 e. The van der Waals surface area contributed by atoms with E-state index >= 15 is 0 Å². The minimum Gasteiger partial charge on any atom is -0.396 e. The topological polar surface area (TPSA) is 92.5 Å². The second-order valence-corrected chi connectivity index (χ2v) is 5.04. The number of aliphatic hydroxyl groups is 1. The van der Waals surface area contributed by atoms with E-state index in [0.29, 0.717) is 12.1 Å². The van der Waals surface area contributed by atoms with Crippen molar-refractivity contribution >= 4 is 11.6 Å². The quantitative estimate of drug-likeness (QED) is 0.592. The number of amides is 1. The summed E-state index contributed by atoms with van der Waals surface area (Å²) in [4.78, 5) is 21.9. The van der Waals surface area contributed by atoms with Gasteiger partial charge in [-0.3, -0.25) is 14.9 Å². The van der Waals surface area contributed by atoms with Crippen LogP contribution in [0.1, 0.15) is 18.4 Å². The molecule has 1 amide bonds. The van der Waals surface area contributed by atoms with Gasteiger partial charge in [-0.1, -0.05) is 12.1 Å². The zero-order chi connectivity index (χ0) is 13.9. The van der Waals surface area contributed by atoms with Crippen LogP contribution in [0.5, 0.6) is 0 Å². The molecule has 0 heterocycles. The Morgan fingerprint density at radius 1 is 1.47 bits per heavy atom. The Balaban J connectivity index is 1.88. The summed E-state index contributed by atoms with van der Waals surface area (Å²) in [6.45, 7) is 0.557. The number of nitrogens with one attached hydrogen (secondary N) is 1. The summed E-state index contributed by atoms with van der Waals surface area (Å²) in [6, 6.07) is 6.05. The number of benzene rings is 1. The normalized spacial score (nSPS) is 15.8. The van der Waals surface area contributed by atoms with Crippen LogP contribution in [-0.2, 0) is 11.2 Å². The van der Waals surface area contributed by atoms with Gasteiger partial charge in [-0.05, 0) is 18.4 Å². The van der Waals surface area contributed by atoms with Crippen molar-refractivity contribution in [1.29, 1.82) is 0 Å². The summed E-state index contributed by atoms with van der Waals surface area (Å²) in [6.07, 6.45) is 1.98. The molecule has 0 spiro atoms. The minimum absolute atomic E-state index is 0.0145. The van der Waals surface area contributed by atoms with Gasteiger partial charge in [0.05, 0.1) is 18.0 Å². The molecule has 102 valence electrons. The fourth-order valence-electron chi connectivity index (χ4n) is 1.88. The third kappa shape index (κ3) is 3.51. The molecule has 0 aliphatic heterocycles. The van der Waals surface area contributed by atoms with Crippen LogP contribution in [0.2, 0.25) is 0 Å². The molecule has 0 atom stereocenters. The first-order valence-electron chi connectivity index (χ1n) is 6.16. The highest BCUT2D eigenvalue weighted by Gasteiger charge is 2.41. The molecule has 6 heteroatoms. The van der Waals surface area contributed by atoms with Gasteiger partial charge in [-0.15, -0.1) is 0 Å². The Hall–Kier alpha value is -1.95. The number of non-ortho nitro benzene ring substituents is 1. The van der Waals surface area contributed by atoms with Crippen LogP contribution in [0, 0.1) is 15.5 Å². The lowest BCUT2D eigenvalue weighted by atomic mass is 10.1. The van der Waals surface area contributed by atoms with E-state index in [9.17, 15) is 14.9 Å². The first-order valence-corrected chi connectivity index (χ1v) is 6.16. The molecule has 0 saturated heterocycles. The van der Waals surface area contributed by atoms with Gasteiger partial charge in [0.2, 0.25) is 5.91 Å². The average molecular weight is 264 g/mol. The highest BCUT2D eigenvalue weighted by Crippen LogP contribution is 2.44. The Morgan fingerprint density at radius 2 is 2.21 bits per heavy atom. The molecule has 1 aromatic carbocycles. The highest BCUT2D eigenvalue weighted by atomic mass is 16.6. The van der Waals surface area contributed by atoms with Crippen molar-refractivity contribution in [3.8, 4) is 0 Å². The Bertz CT molecular complexity index is 497. The van der Waals surface area contributed by atoms with Gasteiger partial charge in [-0.2, -0.15) is 0 Å². The lowest BCUT2D eigenvalue weighted by Crippen LogP contribution is -2.32. The summed E-state index contributed by atoms with van der Waals surface area (Å²) < 4.78 is 0. The summed E-state index contributed by atoms with van der Waals surface area (Å²) in [5.41, 5.74) is 0.470. The van der Waals surface area contributed by atoms with Crippen LogP contribution in [0.25, 0.3) is 0 Å². The summed E-state index contributed by atoms with van der Waals surface area (Å²) in [7, 11) is 0. The molecular weight excluding hydrogens is 248 g/mol. The van der Waals surface area contributed by atoms with Crippen molar-refractivity contribution in [2.24, 2.45) is 5.41 Å². The fraction of sp³-hybridized carbons (Fsp3) is 0.462. The number of carbonyl (C=O) groups excluding carboxylic acids is 1. The molecule has 1 saturated carbocycles. The third-order valence-electron chi connectivity index (χ3n) is 3.44. The molecule has 1 aliphatic rings. The fourth-order valence-corrected chi connectivity index (χ4v) is 1.88. The van der Waals surface area contributed by atoms with E-state index in [2.05, 4.69) is 5.32 Å². The molecule has 1 fully saturated rings. The number of rotatable bonds is 6. The molecule has 0 radical (unpaired) electrons. The van der Waals surface area contributed by atoms with E-state index in [4.69, 9.17) is 5.11 Å². The Kier molecular flexibility index (Phi) is 3.80. The monoisotopic (exact) mass is 264 g/mol. The number of aliphatic hydroxyl groups excluding tert-OH is 1. The predicted molar refractivity (Wildman–Crippen MR) is 68.6 cm³/mol. The second-order valence-electron chi connectivity index (χ2n) is 5.04. The maximum atomic E-state index is 11.7. The van der Waals surface area contributed by atoms with E-state index in [0.717, 1.165) is 12.8 Å². The van der Waals surface area contributed by atoms with Crippen LogP contribution in [0.3, 0.4) is 0 Å². The van der Waals surface area contributed by atoms with E-state index in [1.807, 2.05) is 0 Å². The highest BCUT2D eigenvalue weighted by molar-refractivity contribution is 5.78. The van der Waals surface area contributed by atoms with E-state index in [1.54, 1.807) is 12.1 Å². The van der Waals surface area contributed by atoms with Crippen molar-refractivity contribution in [3.05, 3.63) is 39.9 Å². The SMILES string of the molecule is O=C(Cc1cccc([N+](=O)[O-])c1)NCC1(CO)CC1. The smallest absolute Gasteiger partial charge is 0.269 e. The molecule has 2 rings (SSSR count). The minimum atomic E-state index is -0.480. The molecule has 1 aromatic rings. The van der Waals surface area contributed by atoms with Crippen LogP contribution in [0.15, 0.2) is 24.3 Å². The van der Waals surface area contributed by atoms with Crippen molar-refractivity contribution in [1.82, 2.24) is 5.32 Å². The van der Waals surface area contributed by atoms with Crippen LogP contribution >= 0.6 is 0 Å². The number of carbonyl (C=O) groups is 1. The first kappa shape index (κ1) is 13.5.